The Kier molecular flexibility index (Phi) is 2.18. The zero-order valence-corrected chi connectivity index (χ0v) is 9.64. The van der Waals surface area contributed by atoms with Gasteiger partial charge in [-0.2, -0.15) is 0 Å². The SMILES string of the molecule is Cc1c2ccoc2c(C(N)C(=O)O)c2ccoc12. The third-order valence-electron chi connectivity index (χ3n) is 3.19. The number of furan rings is 2. The molecule has 3 N–H and O–H groups in total. The van der Waals surface area contributed by atoms with Gasteiger partial charge in [0.1, 0.15) is 17.2 Å². The molecule has 1 atom stereocenters. The summed E-state index contributed by atoms with van der Waals surface area (Å²) in [5.41, 5.74) is 8.27. The molecule has 2 aromatic heterocycles. The summed E-state index contributed by atoms with van der Waals surface area (Å²) < 4.78 is 10.8. The summed E-state index contributed by atoms with van der Waals surface area (Å²) in [5.74, 6) is -1.10. The molecular formula is C13H11NO4. The number of hydrogen-bond acceptors (Lipinski definition) is 4. The lowest BCUT2D eigenvalue weighted by molar-refractivity contribution is -0.138. The van der Waals surface area contributed by atoms with Gasteiger partial charge in [-0.25, -0.2) is 0 Å². The minimum Gasteiger partial charge on any atom is -0.480 e. The van der Waals surface area contributed by atoms with Crippen LogP contribution in [0.5, 0.6) is 0 Å². The average Bonchev–Trinajstić information content (AvgIpc) is 2.96. The maximum absolute atomic E-state index is 11.1. The fourth-order valence-corrected chi connectivity index (χ4v) is 2.30. The molecule has 1 aromatic carbocycles. The third-order valence-corrected chi connectivity index (χ3v) is 3.19. The van der Waals surface area contributed by atoms with Crippen LogP contribution in [0.3, 0.4) is 0 Å². The number of carbonyl (C=O) groups is 1. The van der Waals surface area contributed by atoms with Crippen molar-refractivity contribution in [3.8, 4) is 0 Å². The minimum atomic E-state index is -1.14. The van der Waals surface area contributed by atoms with Gasteiger partial charge in [0, 0.05) is 21.9 Å². The number of carboxylic acid groups (broad SMARTS) is 1. The fraction of sp³-hybridized carbons (Fsp3) is 0.154. The molecule has 92 valence electrons. The van der Waals surface area contributed by atoms with E-state index in [1.807, 2.05) is 6.92 Å². The van der Waals surface area contributed by atoms with Gasteiger partial charge in [-0.05, 0) is 19.1 Å². The lowest BCUT2D eigenvalue weighted by atomic mass is 9.97. The summed E-state index contributed by atoms with van der Waals surface area (Å²) in [5, 5.41) is 10.6. The molecule has 5 heteroatoms. The molecule has 0 fully saturated rings. The molecule has 0 bridgehead atoms. The average molecular weight is 245 g/mol. The molecule has 0 saturated heterocycles. The molecule has 3 rings (SSSR count). The van der Waals surface area contributed by atoms with Gasteiger partial charge < -0.3 is 19.7 Å². The van der Waals surface area contributed by atoms with E-state index >= 15 is 0 Å². The van der Waals surface area contributed by atoms with Gasteiger partial charge in [-0.15, -0.1) is 0 Å². The first-order valence-corrected chi connectivity index (χ1v) is 5.46. The molecule has 2 heterocycles. The zero-order chi connectivity index (χ0) is 12.9. The monoisotopic (exact) mass is 245 g/mol. The fourth-order valence-electron chi connectivity index (χ4n) is 2.30. The van der Waals surface area contributed by atoms with Crippen molar-refractivity contribution in [1.29, 1.82) is 0 Å². The van der Waals surface area contributed by atoms with Crippen LogP contribution in [0.2, 0.25) is 0 Å². The highest BCUT2D eigenvalue weighted by Crippen LogP contribution is 2.36. The topological polar surface area (TPSA) is 89.6 Å². The third kappa shape index (κ3) is 1.28. The first-order valence-electron chi connectivity index (χ1n) is 5.46. The summed E-state index contributed by atoms with van der Waals surface area (Å²) in [6.45, 7) is 1.90. The Morgan fingerprint density at radius 2 is 1.83 bits per heavy atom. The Labute approximate surface area is 102 Å². The molecule has 0 aliphatic rings. The first kappa shape index (κ1) is 10.9. The Balaban J connectivity index is 2.51. The van der Waals surface area contributed by atoms with Crippen molar-refractivity contribution in [1.82, 2.24) is 0 Å². The van der Waals surface area contributed by atoms with Crippen LogP contribution in [0.15, 0.2) is 33.5 Å². The second kappa shape index (κ2) is 3.61. The molecule has 0 radical (unpaired) electrons. The molecule has 0 aliphatic carbocycles. The van der Waals surface area contributed by atoms with Gasteiger partial charge in [-0.3, -0.25) is 4.79 Å². The number of rotatable bonds is 2. The normalized spacial score (nSPS) is 13.2. The summed E-state index contributed by atoms with van der Waals surface area (Å²) >= 11 is 0. The number of aliphatic carboxylic acids is 1. The van der Waals surface area contributed by atoms with Gasteiger partial charge in [-0.1, -0.05) is 0 Å². The van der Waals surface area contributed by atoms with Crippen molar-refractivity contribution >= 4 is 27.9 Å². The quantitative estimate of drug-likeness (QED) is 0.724. The van der Waals surface area contributed by atoms with E-state index in [1.54, 1.807) is 12.1 Å². The van der Waals surface area contributed by atoms with Crippen LogP contribution >= 0.6 is 0 Å². The number of fused-ring (bicyclic) bond motifs is 2. The van der Waals surface area contributed by atoms with E-state index in [0.717, 1.165) is 10.9 Å². The number of carboxylic acids is 1. The standard InChI is InChI=1S/C13H11NO4/c1-6-7-2-4-18-12(7)9(10(14)13(15)16)8-3-5-17-11(6)8/h2-5,10H,14H2,1H3,(H,15,16). The van der Waals surface area contributed by atoms with Gasteiger partial charge in [0.25, 0.3) is 0 Å². The summed E-state index contributed by atoms with van der Waals surface area (Å²) in [4.78, 5) is 11.1. The van der Waals surface area contributed by atoms with Crippen molar-refractivity contribution in [2.75, 3.05) is 0 Å². The summed E-state index contributed by atoms with van der Waals surface area (Å²) in [7, 11) is 0. The highest BCUT2D eigenvalue weighted by molar-refractivity contribution is 6.03. The van der Waals surface area contributed by atoms with E-state index in [4.69, 9.17) is 19.7 Å². The summed E-state index contributed by atoms with van der Waals surface area (Å²) in [6.07, 6.45) is 3.04. The predicted molar refractivity (Wildman–Crippen MR) is 65.3 cm³/mol. The maximum Gasteiger partial charge on any atom is 0.325 e. The van der Waals surface area contributed by atoms with Crippen molar-refractivity contribution in [2.24, 2.45) is 5.73 Å². The van der Waals surface area contributed by atoms with Gasteiger partial charge in [0.2, 0.25) is 0 Å². The Morgan fingerprint density at radius 3 is 2.50 bits per heavy atom. The first-order chi connectivity index (χ1) is 8.61. The van der Waals surface area contributed by atoms with E-state index in [1.165, 1.54) is 12.5 Å². The maximum atomic E-state index is 11.1. The molecule has 18 heavy (non-hydrogen) atoms. The zero-order valence-electron chi connectivity index (χ0n) is 9.64. The van der Waals surface area contributed by atoms with Crippen LogP contribution in [0.25, 0.3) is 21.9 Å². The van der Waals surface area contributed by atoms with Crippen LogP contribution in [0.1, 0.15) is 17.2 Å². The second-order valence-corrected chi connectivity index (χ2v) is 4.18. The Morgan fingerprint density at radius 1 is 1.22 bits per heavy atom. The lowest BCUT2D eigenvalue weighted by Gasteiger charge is -2.10. The lowest BCUT2D eigenvalue weighted by Crippen LogP contribution is -2.21. The second-order valence-electron chi connectivity index (χ2n) is 4.18. The minimum absolute atomic E-state index is 0.455. The molecule has 0 spiro atoms. The van der Waals surface area contributed by atoms with Crippen molar-refractivity contribution in [3.05, 3.63) is 35.8 Å². The van der Waals surface area contributed by atoms with Crippen LogP contribution < -0.4 is 5.73 Å². The highest BCUT2D eigenvalue weighted by Gasteiger charge is 2.24. The van der Waals surface area contributed by atoms with Crippen molar-refractivity contribution in [2.45, 2.75) is 13.0 Å². The number of aryl methyl sites for hydroxylation is 1. The van der Waals surface area contributed by atoms with Gasteiger partial charge in [0.05, 0.1) is 12.5 Å². The molecule has 5 nitrogen and oxygen atoms in total. The van der Waals surface area contributed by atoms with Gasteiger partial charge >= 0.3 is 5.97 Å². The van der Waals surface area contributed by atoms with Crippen LogP contribution in [0, 0.1) is 6.92 Å². The van der Waals surface area contributed by atoms with E-state index in [9.17, 15) is 4.79 Å². The Hall–Kier alpha value is -2.27. The Bertz CT molecular complexity index is 701. The molecule has 1 unspecified atom stereocenters. The summed E-state index contributed by atoms with van der Waals surface area (Å²) in [6, 6.07) is 2.35. The van der Waals surface area contributed by atoms with E-state index in [0.29, 0.717) is 22.1 Å². The largest absolute Gasteiger partial charge is 0.480 e. The molecular weight excluding hydrogens is 234 g/mol. The van der Waals surface area contributed by atoms with Crippen molar-refractivity contribution < 1.29 is 18.7 Å². The number of benzene rings is 1. The van der Waals surface area contributed by atoms with Crippen molar-refractivity contribution in [3.63, 3.8) is 0 Å². The van der Waals surface area contributed by atoms with E-state index in [2.05, 4.69) is 0 Å². The smallest absolute Gasteiger partial charge is 0.325 e. The number of hydrogen-bond donors (Lipinski definition) is 2. The van der Waals surface area contributed by atoms with Crippen LogP contribution in [-0.4, -0.2) is 11.1 Å². The van der Waals surface area contributed by atoms with E-state index in [-0.39, 0.29) is 0 Å². The molecule has 0 saturated carbocycles. The molecule has 3 aromatic rings. The van der Waals surface area contributed by atoms with E-state index < -0.39 is 12.0 Å². The van der Waals surface area contributed by atoms with Crippen LogP contribution in [0.4, 0.5) is 0 Å². The highest BCUT2D eigenvalue weighted by atomic mass is 16.4. The predicted octanol–water partition coefficient (Wildman–Crippen LogP) is 2.57. The number of nitrogens with two attached hydrogens (primary N) is 1. The molecule has 0 amide bonds. The van der Waals surface area contributed by atoms with Gasteiger partial charge in [0.15, 0.2) is 0 Å². The van der Waals surface area contributed by atoms with Crippen LogP contribution in [-0.2, 0) is 4.79 Å². The molecule has 0 aliphatic heterocycles.